The molecule has 9 heteroatoms. The Morgan fingerprint density at radius 2 is 0.738 bits per heavy atom. The fourth-order valence-electron chi connectivity index (χ4n) is 10.7. The van der Waals surface area contributed by atoms with Crippen molar-refractivity contribution in [2.24, 2.45) is 0 Å². The third kappa shape index (κ3) is 50.9. The normalized spacial score (nSPS) is 18.9. The number of rotatable bonds is 60. The van der Waals surface area contributed by atoms with E-state index in [1.54, 1.807) is 0 Å². The highest BCUT2D eigenvalue weighted by Crippen LogP contribution is 2.23. The number of hydrogen-bond donors (Lipinski definition) is 6. The number of amides is 1. The van der Waals surface area contributed by atoms with E-state index in [1.807, 2.05) is 0 Å². The summed E-state index contributed by atoms with van der Waals surface area (Å²) in [5.74, 6) is -0.148. The van der Waals surface area contributed by atoms with Gasteiger partial charge in [-0.05, 0) is 83.5 Å². The maximum atomic E-state index is 13.1. The zero-order valence-electron chi connectivity index (χ0n) is 54.1. The van der Waals surface area contributed by atoms with Gasteiger partial charge in [0.2, 0.25) is 5.91 Å². The molecule has 0 aromatic carbocycles. The fourth-order valence-corrected chi connectivity index (χ4v) is 10.7. The molecule has 1 heterocycles. The summed E-state index contributed by atoms with van der Waals surface area (Å²) in [6, 6.07) is -0.728. The molecule has 0 aromatic heterocycles. The highest BCUT2D eigenvalue weighted by Gasteiger charge is 2.44. The second kappa shape index (κ2) is 62.9. The van der Waals surface area contributed by atoms with Crippen molar-refractivity contribution in [3.63, 3.8) is 0 Å². The number of hydrogen-bond acceptors (Lipinski definition) is 8. The Morgan fingerprint density at radius 1 is 0.417 bits per heavy atom. The van der Waals surface area contributed by atoms with Gasteiger partial charge in [0.15, 0.2) is 6.29 Å². The van der Waals surface area contributed by atoms with Crippen molar-refractivity contribution in [3.05, 3.63) is 109 Å². The lowest BCUT2D eigenvalue weighted by molar-refractivity contribution is -0.302. The van der Waals surface area contributed by atoms with Gasteiger partial charge in [-0.2, -0.15) is 0 Å². The van der Waals surface area contributed by atoms with Crippen LogP contribution >= 0.6 is 0 Å². The molecule has 7 atom stereocenters. The van der Waals surface area contributed by atoms with Crippen molar-refractivity contribution >= 4 is 5.91 Å². The zero-order chi connectivity index (χ0) is 60.7. The topological polar surface area (TPSA) is 149 Å². The van der Waals surface area contributed by atoms with E-state index in [1.165, 1.54) is 173 Å². The van der Waals surface area contributed by atoms with E-state index in [-0.39, 0.29) is 12.5 Å². The lowest BCUT2D eigenvalue weighted by Gasteiger charge is -2.40. The number of carbonyl (C=O) groups is 1. The van der Waals surface area contributed by atoms with Crippen LogP contribution in [0.15, 0.2) is 109 Å². The predicted octanol–water partition coefficient (Wildman–Crippen LogP) is 19.2. The summed E-state index contributed by atoms with van der Waals surface area (Å²) in [5, 5.41) is 54.9. The highest BCUT2D eigenvalue weighted by atomic mass is 16.7. The van der Waals surface area contributed by atoms with Gasteiger partial charge in [0.05, 0.1) is 25.4 Å². The molecule has 7 unspecified atom stereocenters. The molecule has 6 N–H and O–H groups in total. The Balaban J connectivity index is 2.13. The van der Waals surface area contributed by atoms with E-state index in [9.17, 15) is 30.3 Å². The number of aliphatic hydroxyl groups is 5. The molecule has 0 aliphatic carbocycles. The Labute approximate surface area is 516 Å². The van der Waals surface area contributed by atoms with Crippen molar-refractivity contribution in [2.45, 2.75) is 346 Å². The van der Waals surface area contributed by atoms with Crippen LogP contribution in [0.2, 0.25) is 0 Å². The molecule has 0 spiro atoms. The molecule has 1 rings (SSSR count). The summed E-state index contributed by atoms with van der Waals surface area (Å²) in [7, 11) is 0. The summed E-state index contributed by atoms with van der Waals surface area (Å²) in [4.78, 5) is 13.1. The monoisotopic (exact) mass is 1170 g/mol. The van der Waals surface area contributed by atoms with Crippen LogP contribution in [0.1, 0.15) is 303 Å². The van der Waals surface area contributed by atoms with E-state index in [2.05, 4.69) is 129 Å². The van der Waals surface area contributed by atoms with Gasteiger partial charge in [-0.25, -0.2) is 0 Å². The summed E-state index contributed by atoms with van der Waals surface area (Å²) in [6.45, 7) is 3.75. The van der Waals surface area contributed by atoms with Gasteiger partial charge >= 0.3 is 0 Å². The Hall–Kier alpha value is -3.15. The number of allylic oxidation sites excluding steroid dienone is 18. The number of ether oxygens (including phenoxy) is 2. The molecule has 0 bridgehead atoms. The van der Waals surface area contributed by atoms with E-state index >= 15 is 0 Å². The highest BCUT2D eigenvalue weighted by molar-refractivity contribution is 5.76. The molecule has 0 saturated carbocycles. The number of nitrogens with one attached hydrogen (secondary N) is 1. The number of carbonyl (C=O) groups excluding carboxylic acids is 1. The minimum atomic E-state index is -1.56. The number of aliphatic hydroxyl groups excluding tert-OH is 5. The van der Waals surface area contributed by atoms with Gasteiger partial charge in [0, 0.05) is 6.42 Å². The molecule has 1 saturated heterocycles. The number of unbranched alkanes of at least 4 members (excludes halogenated alkanes) is 32. The predicted molar refractivity (Wildman–Crippen MR) is 359 cm³/mol. The van der Waals surface area contributed by atoms with Gasteiger partial charge in [-0.1, -0.05) is 322 Å². The van der Waals surface area contributed by atoms with Crippen LogP contribution in [0.3, 0.4) is 0 Å². The molecule has 484 valence electrons. The largest absolute Gasteiger partial charge is 0.394 e. The van der Waals surface area contributed by atoms with Crippen molar-refractivity contribution in [1.82, 2.24) is 5.32 Å². The quantitative estimate of drug-likeness (QED) is 0.0261. The molecule has 1 fully saturated rings. The standard InChI is InChI=1S/C75H131NO8/c1-3-5-7-9-11-13-15-17-19-21-23-25-27-28-29-30-31-32-33-34-35-36-37-38-39-40-41-42-43-45-47-49-51-53-55-57-59-61-63-65-71(79)76-68(67-83-75-74(82)73(81)72(80)70(66-77)84-75)69(78)64-62-60-58-56-54-52-50-48-46-44-26-24-22-20-18-16-14-12-10-8-6-4-2/h5,7,11,13,17,19,23,25,28-29,31-32,34-35,37-38,40-41,68-70,72-75,77-78,80-82H,3-4,6,8-10,12,14-16,18,20-22,24,26-27,30,33,36,39,42-67H2,1-2H3,(H,76,79)/b7-5-,13-11-,19-17-,25-23-,29-28-,32-31-,35-34-,38-37-,41-40-. The van der Waals surface area contributed by atoms with Crippen LogP contribution in [-0.2, 0) is 14.3 Å². The first-order valence-electron chi connectivity index (χ1n) is 35.1. The average Bonchev–Trinajstić information content (AvgIpc) is 3.70. The minimum absolute atomic E-state index is 0.142. The van der Waals surface area contributed by atoms with Crippen LogP contribution in [-0.4, -0.2) is 87.5 Å². The Kier molecular flexibility index (Phi) is 59.0. The third-order valence-electron chi connectivity index (χ3n) is 16.1. The van der Waals surface area contributed by atoms with E-state index in [4.69, 9.17) is 9.47 Å². The molecular formula is C75H131NO8. The van der Waals surface area contributed by atoms with E-state index in [0.717, 1.165) is 103 Å². The van der Waals surface area contributed by atoms with Gasteiger partial charge in [-0.15, -0.1) is 0 Å². The molecule has 0 aromatic rings. The van der Waals surface area contributed by atoms with Crippen molar-refractivity contribution < 1.29 is 39.8 Å². The fraction of sp³-hybridized carbons (Fsp3) is 0.747. The van der Waals surface area contributed by atoms with Gasteiger partial charge in [-0.3, -0.25) is 4.79 Å². The zero-order valence-corrected chi connectivity index (χ0v) is 54.1. The molecule has 1 aliphatic rings. The van der Waals surface area contributed by atoms with Crippen LogP contribution in [0, 0.1) is 0 Å². The lowest BCUT2D eigenvalue weighted by Crippen LogP contribution is -2.60. The third-order valence-corrected chi connectivity index (χ3v) is 16.1. The van der Waals surface area contributed by atoms with Crippen LogP contribution in [0.25, 0.3) is 0 Å². The molecule has 1 aliphatic heterocycles. The second-order valence-corrected chi connectivity index (χ2v) is 23.9. The minimum Gasteiger partial charge on any atom is -0.394 e. The van der Waals surface area contributed by atoms with Gasteiger partial charge in [0.1, 0.15) is 24.4 Å². The van der Waals surface area contributed by atoms with E-state index in [0.29, 0.717) is 12.8 Å². The molecule has 9 nitrogen and oxygen atoms in total. The van der Waals surface area contributed by atoms with Crippen molar-refractivity contribution in [1.29, 1.82) is 0 Å². The summed E-state index contributed by atoms with van der Waals surface area (Å²) >= 11 is 0. The van der Waals surface area contributed by atoms with Crippen LogP contribution in [0.4, 0.5) is 0 Å². The van der Waals surface area contributed by atoms with Crippen molar-refractivity contribution in [2.75, 3.05) is 13.2 Å². The second-order valence-electron chi connectivity index (χ2n) is 23.9. The van der Waals surface area contributed by atoms with Gasteiger partial charge < -0.3 is 40.3 Å². The van der Waals surface area contributed by atoms with E-state index < -0.39 is 49.5 Å². The first-order chi connectivity index (χ1) is 41.3. The maximum Gasteiger partial charge on any atom is 0.220 e. The molecule has 0 radical (unpaired) electrons. The van der Waals surface area contributed by atoms with Crippen LogP contribution in [0.5, 0.6) is 0 Å². The van der Waals surface area contributed by atoms with Crippen molar-refractivity contribution in [3.8, 4) is 0 Å². The molecular weight excluding hydrogens is 1040 g/mol. The molecule has 84 heavy (non-hydrogen) atoms. The Morgan fingerprint density at radius 3 is 1.10 bits per heavy atom. The summed E-state index contributed by atoms with van der Waals surface area (Å²) < 4.78 is 11.4. The Bertz CT molecular complexity index is 1690. The SMILES string of the molecule is CC/C=C\C/C=C\C/C=C\C/C=C\C/C=C\C/C=C\C/C=C\C/C=C\C/C=C\CCCCCCCCCCCCCC(=O)NC(COC1OC(CO)C(O)C(O)C1O)C(O)CCCCCCCCCCCCCCCCCCCCCCCC. The summed E-state index contributed by atoms with van der Waals surface area (Å²) in [5.41, 5.74) is 0. The first kappa shape index (κ1) is 78.9. The maximum absolute atomic E-state index is 13.1. The van der Waals surface area contributed by atoms with Crippen LogP contribution < -0.4 is 5.32 Å². The summed E-state index contributed by atoms with van der Waals surface area (Å²) in [6.07, 6.45) is 85.7. The average molecular weight is 1170 g/mol. The van der Waals surface area contributed by atoms with Gasteiger partial charge in [0.25, 0.3) is 0 Å². The first-order valence-corrected chi connectivity index (χ1v) is 35.1. The smallest absolute Gasteiger partial charge is 0.220 e. The lowest BCUT2D eigenvalue weighted by atomic mass is 9.99. The molecule has 1 amide bonds.